The van der Waals surface area contributed by atoms with Crippen LogP contribution in [0.25, 0.3) is 0 Å². The zero-order chi connectivity index (χ0) is 10.8. The highest BCUT2D eigenvalue weighted by atomic mass is 16.5. The standard InChI is InChI=1S/C13H16O2/c1-2-14-10-6-7-11-15-12-13-8-4-3-5-9-13/h3-5,8-9H,2,7,11-12H2,1H3. The minimum Gasteiger partial charge on any atom is -0.447 e. The third-order valence-corrected chi connectivity index (χ3v) is 1.77. The fourth-order valence-electron chi connectivity index (χ4n) is 1.06. The Hall–Kier alpha value is -1.46. The van der Waals surface area contributed by atoms with E-state index in [0.717, 1.165) is 0 Å². The molecule has 0 aromatic heterocycles. The van der Waals surface area contributed by atoms with Gasteiger partial charge in [0.25, 0.3) is 0 Å². The first kappa shape index (κ1) is 11.6. The molecule has 2 heteroatoms. The van der Waals surface area contributed by atoms with Crippen LogP contribution in [-0.2, 0) is 16.1 Å². The molecular weight excluding hydrogens is 188 g/mol. The Labute approximate surface area is 91.2 Å². The summed E-state index contributed by atoms with van der Waals surface area (Å²) in [6.45, 7) is 3.85. The van der Waals surface area contributed by atoms with Gasteiger partial charge < -0.3 is 9.47 Å². The van der Waals surface area contributed by atoms with E-state index in [0.29, 0.717) is 26.2 Å². The van der Waals surface area contributed by atoms with Crippen LogP contribution in [0.15, 0.2) is 30.3 Å². The van der Waals surface area contributed by atoms with Crippen molar-refractivity contribution in [2.45, 2.75) is 20.0 Å². The summed E-state index contributed by atoms with van der Waals surface area (Å²) in [5.41, 5.74) is 1.19. The minimum absolute atomic E-state index is 0.637. The lowest BCUT2D eigenvalue weighted by Crippen LogP contribution is -1.94. The lowest BCUT2D eigenvalue weighted by molar-refractivity contribution is 0.126. The van der Waals surface area contributed by atoms with Gasteiger partial charge in [-0.1, -0.05) is 36.3 Å². The van der Waals surface area contributed by atoms with Gasteiger partial charge in [-0.25, -0.2) is 0 Å². The topological polar surface area (TPSA) is 18.5 Å². The first-order valence-electron chi connectivity index (χ1n) is 5.15. The van der Waals surface area contributed by atoms with E-state index >= 15 is 0 Å². The van der Waals surface area contributed by atoms with E-state index in [2.05, 4.69) is 12.0 Å². The van der Waals surface area contributed by atoms with Crippen LogP contribution in [-0.4, -0.2) is 13.2 Å². The Morgan fingerprint density at radius 2 is 2.00 bits per heavy atom. The van der Waals surface area contributed by atoms with Gasteiger partial charge >= 0.3 is 0 Å². The van der Waals surface area contributed by atoms with Gasteiger partial charge in [-0.05, 0) is 12.5 Å². The normalized spacial score (nSPS) is 9.13. The van der Waals surface area contributed by atoms with Gasteiger partial charge in [0.1, 0.15) is 6.11 Å². The van der Waals surface area contributed by atoms with Crippen molar-refractivity contribution in [3.63, 3.8) is 0 Å². The van der Waals surface area contributed by atoms with Crippen molar-refractivity contribution in [3.05, 3.63) is 35.9 Å². The molecular formula is C13H16O2. The molecule has 2 nitrogen and oxygen atoms in total. The zero-order valence-electron chi connectivity index (χ0n) is 9.03. The number of benzene rings is 1. The number of ether oxygens (including phenoxy) is 2. The van der Waals surface area contributed by atoms with Crippen LogP contribution in [0.4, 0.5) is 0 Å². The van der Waals surface area contributed by atoms with E-state index in [4.69, 9.17) is 9.47 Å². The summed E-state index contributed by atoms with van der Waals surface area (Å²) < 4.78 is 10.3. The maximum Gasteiger partial charge on any atom is 0.110 e. The van der Waals surface area contributed by atoms with Gasteiger partial charge in [0.05, 0.1) is 19.8 Å². The van der Waals surface area contributed by atoms with Gasteiger partial charge in [-0.15, -0.1) is 0 Å². The van der Waals surface area contributed by atoms with Crippen LogP contribution in [0.3, 0.4) is 0 Å². The van der Waals surface area contributed by atoms with Crippen molar-refractivity contribution in [2.75, 3.05) is 13.2 Å². The number of hydrogen-bond donors (Lipinski definition) is 0. The molecule has 80 valence electrons. The van der Waals surface area contributed by atoms with E-state index in [1.54, 1.807) is 0 Å². The Morgan fingerprint density at radius 3 is 2.73 bits per heavy atom. The van der Waals surface area contributed by atoms with E-state index in [9.17, 15) is 0 Å². The maximum absolute atomic E-state index is 5.44. The number of rotatable bonds is 5. The third-order valence-electron chi connectivity index (χ3n) is 1.77. The molecule has 1 aromatic carbocycles. The molecule has 1 aromatic rings. The molecule has 0 saturated carbocycles. The highest BCUT2D eigenvalue weighted by Crippen LogP contribution is 2.00. The Bertz CT molecular complexity index is 308. The quantitative estimate of drug-likeness (QED) is 0.542. The van der Waals surface area contributed by atoms with E-state index in [1.807, 2.05) is 37.3 Å². The molecule has 0 unspecified atom stereocenters. The molecule has 1 rings (SSSR count). The highest BCUT2D eigenvalue weighted by molar-refractivity contribution is 5.13. The minimum atomic E-state index is 0.637. The second kappa shape index (κ2) is 7.90. The smallest absolute Gasteiger partial charge is 0.110 e. The number of hydrogen-bond acceptors (Lipinski definition) is 2. The summed E-state index contributed by atoms with van der Waals surface area (Å²) in [4.78, 5) is 0. The molecule has 0 N–H and O–H groups in total. The zero-order valence-corrected chi connectivity index (χ0v) is 9.03. The fourth-order valence-corrected chi connectivity index (χ4v) is 1.06. The van der Waals surface area contributed by atoms with E-state index in [1.165, 1.54) is 5.56 Å². The first-order chi connectivity index (χ1) is 7.43. The van der Waals surface area contributed by atoms with Crippen LogP contribution in [0.5, 0.6) is 0 Å². The van der Waals surface area contributed by atoms with Gasteiger partial charge in [0.15, 0.2) is 0 Å². The van der Waals surface area contributed by atoms with Crippen LogP contribution in [0, 0.1) is 12.0 Å². The lowest BCUT2D eigenvalue weighted by Gasteiger charge is -2.00. The van der Waals surface area contributed by atoms with Crippen molar-refractivity contribution in [3.8, 4) is 12.0 Å². The summed E-state index contributed by atoms with van der Waals surface area (Å²) in [5.74, 6) is 2.88. The molecule has 0 saturated heterocycles. The Morgan fingerprint density at radius 1 is 1.20 bits per heavy atom. The molecule has 0 aliphatic carbocycles. The molecule has 0 radical (unpaired) electrons. The molecule has 0 aliphatic heterocycles. The second-order valence-electron chi connectivity index (χ2n) is 3.00. The maximum atomic E-state index is 5.44. The monoisotopic (exact) mass is 204 g/mol. The van der Waals surface area contributed by atoms with Crippen LogP contribution in [0.2, 0.25) is 0 Å². The average Bonchev–Trinajstić information content (AvgIpc) is 2.29. The average molecular weight is 204 g/mol. The summed E-state index contributed by atoms with van der Waals surface area (Å²) in [5, 5.41) is 0. The largest absolute Gasteiger partial charge is 0.447 e. The third kappa shape index (κ3) is 5.77. The first-order valence-corrected chi connectivity index (χ1v) is 5.15. The molecule has 0 bridgehead atoms. The molecule has 0 spiro atoms. The van der Waals surface area contributed by atoms with Crippen LogP contribution in [0.1, 0.15) is 18.9 Å². The van der Waals surface area contributed by atoms with Gasteiger partial charge in [0.2, 0.25) is 0 Å². The Kier molecular flexibility index (Phi) is 6.12. The summed E-state index contributed by atoms with van der Waals surface area (Å²) in [7, 11) is 0. The SMILES string of the molecule is CCOC#CCCOCc1ccccc1. The summed E-state index contributed by atoms with van der Waals surface area (Å²) in [6, 6.07) is 10.1. The molecule has 0 fully saturated rings. The van der Waals surface area contributed by atoms with Crippen molar-refractivity contribution in [1.29, 1.82) is 0 Å². The predicted octanol–water partition coefficient (Wildman–Crippen LogP) is 2.59. The van der Waals surface area contributed by atoms with Gasteiger partial charge in [-0.3, -0.25) is 0 Å². The van der Waals surface area contributed by atoms with E-state index in [-0.39, 0.29) is 0 Å². The predicted molar refractivity (Wildman–Crippen MR) is 60.1 cm³/mol. The van der Waals surface area contributed by atoms with Crippen LogP contribution < -0.4 is 0 Å². The van der Waals surface area contributed by atoms with Crippen LogP contribution >= 0.6 is 0 Å². The summed E-state index contributed by atoms with van der Waals surface area (Å²) >= 11 is 0. The molecule has 15 heavy (non-hydrogen) atoms. The molecule has 0 atom stereocenters. The highest BCUT2D eigenvalue weighted by Gasteiger charge is 1.89. The molecule has 0 heterocycles. The molecule has 0 aliphatic rings. The van der Waals surface area contributed by atoms with Crippen molar-refractivity contribution in [1.82, 2.24) is 0 Å². The van der Waals surface area contributed by atoms with Crippen molar-refractivity contribution in [2.24, 2.45) is 0 Å². The van der Waals surface area contributed by atoms with E-state index < -0.39 is 0 Å². The second-order valence-corrected chi connectivity index (χ2v) is 3.00. The van der Waals surface area contributed by atoms with Gasteiger partial charge in [0, 0.05) is 6.42 Å². The lowest BCUT2D eigenvalue weighted by atomic mass is 10.2. The molecule has 0 amide bonds. The summed E-state index contributed by atoms with van der Waals surface area (Å²) in [6.07, 6.45) is 3.32. The fraction of sp³-hybridized carbons (Fsp3) is 0.385. The van der Waals surface area contributed by atoms with Gasteiger partial charge in [-0.2, -0.15) is 0 Å². The van der Waals surface area contributed by atoms with Crippen molar-refractivity contribution < 1.29 is 9.47 Å². The van der Waals surface area contributed by atoms with Crippen molar-refractivity contribution >= 4 is 0 Å². The Balaban J connectivity index is 2.06.